The molecule has 2 heteroatoms. The lowest BCUT2D eigenvalue weighted by atomic mass is 9.70. The van der Waals surface area contributed by atoms with Crippen LogP contribution in [-0.4, -0.2) is 23.3 Å². The van der Waals surface area contributed by atoms with Gasteiger partial charge in [-0.3, -0.25) is 0 Å². The zero-order valence-electron chi connectivity index (χ0n) is 9.47. The third-order valence-electron chi connectivity index (χ3n) is 3.60. The lowest BCUT2D eigenvalue weighted by molar-refractivity contribution is -0.0374. The molecule has 0 spiro atoms. The molecule has 82 valence electrons. The van der Waals surface area contributed by atoms with Gasteiger partial charge in [-0.05, 0) is 37.5 Å². The molecule has 0 aromatic heterocycles. The van der Waals surface area contributed by atoms with Gasteiger partial charge in [0.25, 0.3) is 0 Å². The van der Waals surface area contributed by atoms with Crippen molar-refractivity contribution < 1.29 is 5.11 Å². The van der Waals surface area contributed by atoms with Gasteiger partial charge in [-0.15, -0.1) is 0 Å². The molecule has 0 bridgehead atoms. The van der Waals surface area contributed by atoms with E-state index in [-0.39, 0.29) is 0 Å². The van der Waals surface area contributed by atoms with Gasteiger partial charge in [-0.2, -0.15) is 0 Å². The van der Waals surface area contributed by atoms with Crippen LogP contribution in [0.1, 0.15) is 52.4 Å². The maximum Gasteiger partial charge on any atom is 0.0776 e. The summed E-state index contributed by atoms with van der Waals surface area (Å²) in [5, 5.41) is 13.9. The zero-order chi connectivity index (χ0) is 10.2. The molecule has 0 saturated heterocycles. The van der Waals surface area contributed by atoms with Crippen molar-refractivity contribution in [3.63, 3.8) is 0 Å². The van der Waals surface area contributed by atoms with Crippen molar-refractivity contribution in [1.82, 2.24) is 5.32 Å². The quantitative estimate of drug-likeness (QED) is 0.726. The largest absolute Gasteiger partial charge is 0.389 e. The molecule has 1 unspecified atom stereocenters. The van der Waals surface area contributed by atoms with Gasteiger partial charge in [0.1, 0.15) is 0 Å². The first-order chi connectivity index (χ1) is 6.49. The fourth-order valence-corrected chi connectivity index (χ4v) is 2.74. The molecule has 0 aliphatic heterocycles. The van der Waals surface area contributed by atoms with E-state index < -0.39 is 5.60 Å². The average Bonchev–Trinajstić information content (AvgIpc) is 2.81. The summed E-state index contributed by atoms with van der Waals surface area (Å²) in [5.74, 6) is 0. The van der Waals surface area contributed by atoms with Crippen molar-refractivity contribution in [2.75, 3.05) is 6.54 Å². The number of hydrogen-bond acceptors (Lipinski definition) is 2. The number of hydrogen-bond donors (Lipinski definition) is 2. The molecule has 2 nitrogen and oxygen atoms in total. The van der Waals surface area contributed by atoms with Crippen LogP contribution in [0.4, 0.5) is 0 Å². The van der Waals surface area contributed by atoms with Gasteiger partial charge in [0, 0.05) is 12.6 Å². The van der Waals surface area contributed by atoms with Crippen molar-refractivity contribution in [1.29, 1.82) is 0 Å². The third-order valence-corrected chi connectivity index (χ3v) is 3.60. The molecule has 14 heavy (non-hydrogen) atoms. The summed E-state index contributed by atoms with van der Waals surface area (Å²) < 4.78 is 0. The second kappa shape index (κ2) is 3.49. The van der Waals surface area contributed by atoms with E-state index in [0.29, 0.717) is 11.5 Å². The molecule has 0 radical (unpaired) electrons. The predicted molar refractivity (Wildman–Crippen MR) is 58.2 cm³/mol. The maximum absolute atomic E-state index is 10.4. The third kappa shape index (κ3) is 2.71. The molecule has 0 aromatic carbocycles. The van der Waals surface area contributed by atoms with Gasteiger partial charge in [0.2, 0.25) is 0 Å². The summed E-state index contributed by atoms with van der Waals surface area (Å²) in [4.78, 5) is 0. The van der Waals surface area contributed by atoms with Gasteiger partial charge < -0.3 is 10.4 Å². The highest BCUT2D eigenvalue weighted by atomic mass is 16.3. The minimum absolute atomic E-state index is 0.332. The predicted octanol–water partition coefficient (Wildman–Crippen LogP) is 2.07. The summed E-state index contributed by atoms with van der Waals surface area (Å²) in [7, 11) is 0. The maximum atomic E-state index is 10.4. The Morgan fingerprint density at radius 3 is 2.57 bits per heavy atom. The van der Waals surface area contributed by atoms with Crippen molar-refractivity contribution in [2.45, 2.75) is 64.0 Å². The molecule has 2 N–H and O–H groups in total. The Bertz CT molecular complexity index is 210. The van der Waals surface area contributed by atoms with E-state index in [1.807, 2.05) is 0 Å². The second-order valence-corrected chi connectivity index (χ2v) is 6.07. The highest BCUT2D eigenvalue weighted by Gasteiger charge is 2.39. The Labute approximate surface area is 87.1 Å². The van der Waals surface area contributed by atoms with Crippen molar-refractivity contribution in [3.05, 3.63) is 0 Å². The molecule has 0 amide bonds. The van der Waals surface area contributed by atoms with Crippen LogP contribution in [0.3, 0.4) is 0 Å². The summed E-state index contributed by atoms with van der Waals surface area (Å²) in [6, 6.07) is 0.712. The monoisotopic (exact) mass is 197 g/mol. The van der Waals surface area contributed by atoms with Gasteiger partial charge >= 0.3 is 0 Å². The number of rotatable bonds is 3. The van der Waals surface area contributed by atoms with Gasteiger partial charge in [-0.25, -0.2) is 0 Å². The van der Waals surface area contributed by atoms with E-state index in [0.717, 1.165) is 19.4 Å². The minimum Gasteiger partial charge on any atom is -0.389 e. The van der Waals surface area contributed by atoms with Gasteiger partial charge in [-0.1, -0.05) is 20.3 Å². The highest BCUT2D eigenvalue weighted by molar-refractivity contribution is 4.94. The SMILES string of the molecule is CC1(C)CCCC(O)(CNC2CC2)C1. The zero-order valence-corrected chi connectivity index (χ0v) is 9.47. The molecule has 2 fully saturated rings. The summed E-state index contributed by atoms with van der Waals surface area (Å²) in [5.41, 5.74) is -0.0947. The summed E-state index contributed by atoms with van der Waals surface area (Å²) in [6.07, 6.45) is 6.99. The molecule has 2 aliphatic carbocycles. The smallest absolute Gasteiger partial charge is 0.0776 e. The van der Waals surface area contributed by atoms with E-state index in [2.05, 4.69) is 19.2 Å². The molecule has 1 atom stereocenters. The van der Waals surface area contributed by atoms with Crippen LogP contribution in [0.15, 0.2) is 0 Å². The van der Waals surface area contributed by atoms with Crippen LogP contribution in [-0.2, 0) is 0 Å². The molecular weight excluding hydrogens is 174 g/mol. The normalized spacial score (nSPS) is 37.1. The van der Waals surface area contributed by atoms with Gasteiger partial charge in [0.05, 0.1) is 5.60 Å². The Hall–Kier alpha value is -0.0800. The molecule has 0 heterocycles. The van der Waals surface area contributed by atoms with E-state index in [9.17, 15) is 5.11 Å². The van der Waals surface area contributed by atoms with Crippen LogP contribution < -0.4 is 5.32 Å². The fourth-order valence-electron chi connectivity index (χ4n) is 2.74. The van der Waals surface area contributed by atoms with E-state index >= 15 is 0 Å². The minimum atomic E-state index is -0.426. The topological polar surface area (TPSA) is 32.3 Å². The Morgan fingerprint density at radius 1 is 1.29 bits per heavy atom. The van der Waals surface area contributed by atoms with Crippen LogP contribution in [0, 0.1) is 5.41 Å². The van der Waals surface area contributed by atoms with E-state index in [1.54, 1.807) is 0 Å². The molecular formula is C12H23NO. The molecule has 0 aromatic rings. The van der Waals surface area contributed by atoms with Crippen molar-refractivity contribution in [3.8, 4) is 0 Å². The van der Waals surface area contributed by atoms with Crippen molar-refractivity contribution >= 4 is 0 Å². The molecule has 2 rings (SSSR count). The molecule has 2 aliphatic rings. The van der Waals surface area contributed by atoms with E-state index in [1.165, 1.54) is 25.7 Å². The Morgan fingerprint density at radius 2 is 2.00 bits per heavy atom. The average molecular weight is 197 g/mol. The van der Waals surface area contributed by atoms with Crippen LogP contribution in [0.5, 0.6) is 0 Å². The van der Waals surface area contributed by atoms with Crippen molar-refractivity contribution in [2.24, 2.45) is 5.41 Å². The standard InChI is InChI=1S/C12H23NO/c1-11(2)6-3-7-12(14,8-11)9-13-10-4-5-10/h10,13-14H,3-9H2,1-2H3. The number of nitrogens with one attached hydrogen (secondary N) is 1. The van der Waals surface area contributed by atoms with Crippen LogP contribution in [0.2, 0.25) is 0 Å². The first-order valence-electron chi connectivity index (χ1n) is 5.95. The first-order valence-corrected chi connectivity index (χ1v) is 5.95. The Kier molecular flexibility index (Phi) is 2.61. The summed E-state index contributed by atoms with van der Waals surface area (Å²) >= 11 is 0. The lowest BCUT2D eigenvalue weighted by Crippen LogP contribution is -2.47. The van der Waals surface area contributed by atoms with E-state index in [4.69, 9.17) is 0 Å². The Balaban J connectivity index is 1.85. The first kappa shape index (κ1) is 10.4. The number of aliphatic hydroxyl groups is 1. The second-order valence-electron chi connectivity index (χ2n) is 6.07. The van der Waals surface area contributed by atoms with Gasteiger partial charge in [0.15, 0.2) is 0 Å². The summed E-state index contributed by atoms with van der Waals surface area (Å²) in [6.45, 7) is 5.35. The van der Waals surface area contributed by atoms with Crippen LogP contribution >= 0.6 is 0 Å². The lowest BCUT2D eigenvalue weighted by Gasteiger charge is -2.41. The highest BCUT2D eigenvalue weighted by Crippen LogP contribution is 2.40. The molecule has 2 saturated carbocycles. The fraction of sp³-hybridized carbons (Fsp3) is 1.00. The van der Waals surface area contributed by atoms with Crippen LogP contribution in [0.25, 0.3) is 0 Å².